The molecule has 0 atom stereocenters. The van der Waals surface area contributed by atoms with Crippen molar-refractivity contribution >= 4 is 23.0 Å². The topological polar surface area (TPSA) is 120 Å². The SMILES string of the molecule is N#CC(C#N)=NNc1ccccc1C(=O)Nc1ccc2c(c1)OCO2. The number of rotatable bonds is 4. The number of benzene rings is 2. The molecule has 8 nitrogen and oxygen atoms in total. The smallest absolute Gasteiger partial charge is 0.257 e. The lowest BCUT2D eigenvalue weighted by atomic mass is 10.1. The zero-order chi connectivity index (χ0) is 17.6. The normalized spacial score (nSPS) is 11.0. The van der Waals surface area contributed by atoms with Gasteiger partial charge in [-0.1, -0.05) is 12.1 Å². The second kappa shape index (κ2) is 7.02. The number of hydrogen-bond donors (Lipinski definition) is 2. The molecule has 0 saturated carbocycles. The molecular formula is C17H11N5O3. The van der Waals surface area contributed by atoms with Crippen LogP contribution in [0, 0.1) is 22.7 Å². The molecular weight excluding hydrogens is 322 g/mol. The molecule has 25 heavy (non-hydrogen) atoms. The van der Waals surface area contributed by atoms with Crippen molar-refractivity contribution in [3.8, 4) is 23.6 Å². The highest BCUT2D eigenvalue weighted by molar-refractivity contribution is 6.11. The highest BCUT2D eigenvalue weighted by Gasteiger charge is 2.16. The summed E-state index contributed by atoms with van der Waals surface area (Å²) >= 11 is 0. The number of hydrazone groups is 1. The van der Waals surface area contributed by atoms with E-state index in [9.17, 15) is 4.79 Å². The van der Waals surface area contributed by atoms with E-state index in [4.69, 9.17) is 20.0 Å². The number of amides is 1. The van der Waals surface area contributed by atoms with E-state index < -0.39 is 0 Å². The quantitative estimate of drug-likeness (QED) is 0.655. The number of anilines is 2. The molecule has 0 unspecified atom stereocenters. The molecule has 1 aliphatic heterocycles. The van der Waals surface area contributed by atoms with Crippen LogP contribution in [0.5, 0.6) is 11.5 Å². The first-order valence-electron chi connectivity index (χ1n) is 7.15. The third-order valence-corrected chi connectivity index (χ3v) is 3.30. The molecule has 8 heteroatoms. The van der Waals surface area contributed by atoms with E-state index in [1.54, 1.807) is 54.6 Å². The second-order valence-corrected chi connectivity index (χ2v) is 4.86. The summed E-state index contributed by atoms with van der Waals surface area (Å²) in [7, 11) is 0. The third kappa shape index (κ3) is 3.49. The van der Waals surface area contributed by atoms with E-state index in [-0.39, 0.29) is 18.4 Å². The fourth-order valence-corrected chi connectivity index (χ4v) is 2.14. The van der Waals surface area contributed by atoms with Crippen molar-refractivity contribution in [3.63, 3.8) is 0 Å². The van der Waals surface area contributed by atoms with Gasteiger partial charge in [0.05, 0.1) is 11.3 Å². The highest BCUT2D eigenvalue weighted by Crippen LogP contribution is 2.34. The number of ether oxygens (including phenoxy) is 2. The lowest BCUT2D eigenvalue weighted by Gasteiger charge is -2.10. The lowest BCUT2D eigenvalue weighted by Crippen LogP contribution is -2.14. The Hall–Kier alpha value is -4.04. The van der Waals surface area contributed by atoms with Gasteiger partial charge in [0, 0.05) is 11.8 Å². The van der Waals surface area contributed by atoms with Gasteiger partial charge in [-0.15, -0.1) is 0 Å². The third-order valence-electron chi connectivity index (χ3n) is 3.30. The van der Waals surface area contributed by atoms with Gasteiger partial charge in [-0.25, -0.2) is 0 Å². The first kappa shape index (κ1) is 15.8. The van der Waals surface area contributed by atoms with Crippen molar-refractivity contribution in [2.75, 3.05) is 17.5 Å². The Balaban J connectivity index is 1.80. The van der Waals surface area contributed by atoms with Gasteiger partial charge in [0.25, 0.3) is 5.91 Å². The molecule has 0 radical (unpaired) electrons. The van der Waals surface area contributed by atoms with Crippen molar-refractivity contribution in [2.24, 2.45) is 5.10 Å². The Morgan fingerprint density at radius 3 is 2.64 bits per heavy atom. The summed E-state index contributed by atoms with van der Waals surface area (Å²) in [5.74, 6) is 0.795. The van der Waals surface area contributed by atoms with Gasteiger partial charge in [0.15, 0.2) is 11.5 Å². The van der Waals surface area contributed by atoms with E-state index in [2.05, 4.69) is 15.8 Å². The fourth-order valence-electron chi connectivity index (χ4n) is 2.14. The van der Waals surface area contributed by atoms with Crippen LogP contribution in [0.15, 0.2) is 47.6 Å². The van der Waals surface area contributed by atoms with Gasteiger partial charge in [0.1, 0.15) is 12.1 Å². The Bertz CT molecular complexity index is 924. The van der Waals surface area contributed by atoms with Crippen LogP contribution in [0.4, 0.5) is 11.4 Å². The van der Waals surface area contributed by atoms with Crippen LogP contribution in [-0.2, 0) is 0 Å². The van der Waals surface area contributed by atoms with Gasteiger partial charge >= 0.3 is 0 Å². The van der Waals surface area contributed by atoms with Crippen molar-refractivity contribution in [3.05, 3.63) is 48.0 Å². The minimum absolute atomic E-state index is 0.150. The van der Waals surface area contributed by atoms with Gasteiger partial charge in [-0.05, 0) is 24.3 Å². The van der Waals surface area contributed by atoms with E-state index in [1.807, 2.05) is 0 Å². The molecule has 2 aromatic rings. The summed E-state index contributed by atoms with van der Waals surface area (Å²) < 4.78 is 10.5. The number of carbonyl (C=O) groups is 1. The molecule has 0 aromatic heterocycles. The number of nitriles is 2. The first-order valence-corrected chi connectivity index (χ1v) is 7.15. The van der Waals surface area contributed by atoms with E-state index in [0.29, 0.717) is 28.4 Å². The maximum Gasteiger partial charge on any atom is 0.257 e. The summed E-state index contributed by atoms with van der Waals surface area (Å²) in [6.45, 7) is 0.150. The Morgan fingerprint density at radius 1 is 1.08 bits per heavy atom. The number of nitrogens with one attached hydrogen (secondary N) is 2. The molecule has 0 aliphatic carbocycles. The summed E-state index contributed by atoms with van der Waals surface area (Å²) in [6.07, 6.45) is 0. The maximum absolute atomic E-state index is 12.5. The van der Waals surface area contributed by atoms with Crippen molar-refractivity contribution < 1.29 is 14.3 Å². The van der Waals surface area contributed by atoms with E-state index in [0.717, 1.165) is 0 Å². The summed E-state index contributed by atoms with van der Waals surface area (Å²) in [4.78, 5) is 12.5. The van der Waals surface area contributed by atoms with Crippen LogP contribution < -0.4 is 20.2 Å². The standard InChI is InChI=1S/C17H11N5O3/c18-8-12(9-19)21-22-14-4-2-1-3-13(14)17(23)20-11-5-6-15-16(7-11)25-10-24-15/h1-7,22H,10H2,(H,20,23). The summed E-state index contributed by atoms with van der Waals surface area (Å²) in [6, 6.07) is 14.9. The number of fused-ring (bicyclic) bond motifs is 1. The minimum atomic E-state index is -0.382. The Labute approximate surface area is 142 Å². The van der Waals surface area contributed by atoms with Crippen LogP contribution >= 0.6 is 0 Å². The molecule has 1 heterocycles. The molecule has 2 aromatic carbocycles. The first-order chi connectivity index (χ1) is 12.2. The predicted octanol–water partition coefficient (Wildman–Crippen LogP) is 2.48. The largest absolute Gasteiger partial charge is 0.454 e. The number of para-hydroxylation sites is 1. The van der Waals surface area contributed by atoms with Crippen LogP contribution in [0.2, 0.25) is 0 Å². The fraction of sp³-hybridized carbons (Fsp3) is 0.0588. The molecule has 3 rings (SSSR count). The predicted molar refractivity (Wildman–Crippen MR) is 89.2 cm³/mol. The van der Waals surface area contributed by atoms with Gasteiger partial charge in [0.2, 0.25) is 12.5 Å². The van der Waals surface area contributed by atoms with Gasteiger partial charge in [-0.2, -0.15) is 15.6 Å². The molecule has 0 bridgehead atoms. The molecule has 1 aliphatic rings. The minimum Gasteiger partial charge on any atom is -0.454 e. The Kier molecular flexibility index (Phi) is 4.45. The van der Waals surface area contributed by atoms with Gasteiger partial charge < -0.3 is 14.8 Å². The molecule has 2 N–H and O–H groups in total. The highest BCUT2D eigenvalue weighted by atomic mass is 16.7. The molecule has 122 valence electrons. The molecule has 0 saturated heterocycles. The van der Waals surface area contributed by atoms with Crippen molar-refractivity contribution in [2.45, 2.75) is 0 Å². The number of nitrogens with zero attached hydrogens (tertiary/aromatic N) is 3. The summed E-state index contributed by atoms with van der Waals surface area (Å²) in [5, 5.41) is 23.8. The zero-order valence-electron chi connectivity index (χ0n) is 12.8. The lowest BCUT2D eigenvalue weighted by molar-refractivity contribution is 0.102. The number of hydrogen-bond acceptors (Lipinski definition) is 7. The van der Waals surface area contributed by atoms with Gasteiger partial charge in [-0.3, -0.25) is 10.2 Å². The number of carbonyl (C=O) groups excluding carboxylic acids is 1. The van der Waals surface area contributed by atoms with Crippen LogP contribution in [-0.4, -0.2) is 18.4 Å². The average Bonchev–Trinajstić information content (AvgIpc) is 3.10. The van der Waals surface area contributed by atoms with Crippen LogP contribution in [0.25, 0.3) is 0 Å². The van der Waals surface area contributed by atoms with E-state index >= 15 is 0 Å². The molecule has 1 amide bonds. The Morgan fingerprint density at radius 2 is 1.84 bits per heavy atom. The van der Waals surface area contributed by atoms with Crippen molar-refractivity contribution in [1.82, 2.24) is 0 Å². The van der Waals surface area contributed by atoms with Crippen LogP contribution in [0.3, 0.4) is 0 Å². The van der Waals surface area contributed by atoms with Crippen molar-refractivity contribution in [1.29, 1.82) is 10.5 Å². The monoisotopic (exact) mass is 333 g/mol. The maximum atomic E-state index is 12.5. The van der Waals surface area contributed by atoms with E-state index in [1.165, 1.54) is 0 Å². The zero-order valence-corrected chi connectivity index (χ0v) is 12.8. The summed E-state index contributed by atoms with van der Waals surface area (Å²) in [5.41, 5.74) is 3.43. The molecule has 0 spiro atoms. The average molecular weight is 333 g/mol. The second-order valence-electron chi connectivity index (χ2n) is 4.86. The van der Waals surface area contributed by atoms with Crippen LogP contribution in [0.1, 0.15) is 10.4 Å². The molecule has 0 fully saturated rings.